The zero-order valence-corrected chi connectivity index (χ0v) is 35.1. The second-order valence-electron chi connectivity index (χ2n) is 19.9. The van der Waals surface area contributed by atoms with Crippen LogP contribution in [-0.2, 0) is 33.8 Å². The number of hydrogen-bond donors (Lipinski definition) is 0. The van der Waals surface area contributed by atoms with Crippen LogP contribution >= 0.6 is 0 Å². The molecule has 9 heteroatoms. The Balaban J connectivity index is 1.40. The molecule has 0 radical (unpaired) electrons. The van der Waals surface area contributed by atoms with Crippen molar-refractivity contribution in [2.75, 3.05) is 12.3 Å². The molecule has 1 heterocycles. The van der Waals surface area contributed by atoms with Crippen LogP contribution in [-0.4, -0.2) is 65.4 Å². The molecule has 2 unspecified atom stereocenters. The number of piperidine rings is 1. The first-order valence-electron chi connectivity index (χ1n) is 21.4. The number of likely N-dealkylation sites (tertiary alicyclic amines) is 1. The molecule has 5 rings (SSSR count). The molecule has 4 aliphatic carbocycles. The maximum atomic E-state index is 15.1. The number of terminal acetylenes is 1. The molecular formula is C45H69NO7S. The molecule has 0 spiro atoms. The molecule has 0 bridgehead atoms. The first-order valence-corrected chi connectivity index (χ1v) is 23.0. The van der Waals surface area contributed by atoms with Crippen LogP contribution in [0.5, 0.6) is 0 Å². The molecule has 4 saturated carbocycles. The smallest absolute Gasteiger partial charge is 0.227 e. The van der Waals surface area contributed by atoms with Crippen molar-refractivity contribution in [3.05, 3.63) is 0 Å². The molecule has 1 saturated heterocycles. The van der Waals surface area contributed by atoms with Crippen molar-refractivity contribution in [1.29, 1.82) is 0 Å². The van der Waals surface area contributed by atoms with Gasteiger partial charge in [-0.15, -0.1) is 12.3 Å². The van der Waals surface area contributed by atoms with Crippen LogP contribution in [0.25, 0.3) is 0 Å². The zero-order chi connectivity index (χ0) is 39.7. The first kappa shape index (κ1) is 42.8. The van der Waals surface area contributed by atoms with E-state index in [0.29, 0.717) is 38.1 Å². The second kappa shape index (κ2) is 16.6. The van der Waals surface area contributed by atoms with E-state index >= 15 is 4.79 Å². The predicted octanol–water partition coefficient (Wildman–Crippen LogP) is 8.28. The summed E-state index contributed by atoms with van der Waals surface area (Å²) in [5, 5.41) is 0. The van der Waals surface area contributed by atoms with E-state index in [4.69, 9.17) is 6.42 Å². The van der Waals surface area contributed by atoms with Crippen molar-refractivity contribution in [3.8, 4) is 12.3 Å². The third-order valence-electron chi connectivity index (χ3n) is 15.5. The van der Waals surface area contributed by atoms with E-state index in [-0.39, 0.29) is 72.6 Å². The Kier molecular flexibility index (Phi) is 13.2. The fraction of sp³-hybridized carbons (Fsp3) is 0.844. The Morgan fingerprint density at radius 1 is 0.889 bits per heavy atom. The van der Waals surface area contributed by atoms with Crippen molar-refractivity contribution in [2.24, 2.45) is 45.8 Å². The largest absolute Gasteiger partial charge is 0.332 e. The van der Waals surface area contributed by atoms with Gasteiger partial charge in [-0.05, 0) is 86.4 Å². The fourth-order valence-electron chi connectivity index (χ4n) is 10.9. The number of carbonyl (C=O) groups excluding carboxylic acids is 5. The molecule has 5 fully saturated rings. The Morgan fingerprint density at radius 3 is 2.06 bits per heavy atom. The quantitative estimate of drug-likeness (QED) is 0.0958. The van der Waals surface area contributed by atoms with Gasteiger partial charge in [0.05, 0.1) is 22.5 Å². The minimum Gasteiger partial charge on any atom is -0.332 e. The average Bonchev–Trinajstić information content (AvgIpc) is 3.40. The van der Waals surface area contributed by atoms with Gasteiger partial charge in [-0.25, -0.2) is 8.42 Å². The van der Waals surface area contributed by atoms with E-state index in [1.165, 1.54) is 0 Å². The molecule has 5 aliphatic rings. The Bertz CT molecular complexity index is 1580. The summed E-state index contributed by atoms with van der Waals surface area (Å²) >= 11 is 0. The summed E-state index contributed by atoms with van der Waals surface area (Å²) in [6.45, 7) is 12.3. The van der Waals surface area contributed by atoms with Crippen LogP contribution < -0.4 is 0 Å². The highest BCUT2D eigenvalue weighted by Crippen LogP contribution is 2.65. The number of amides is 1. The summed E-state index contributed by atoms with van der Waals surface area (Å²) in [4.78, 5) is 72.3. The molecule has 0 aromatic heterocycles. The van der Waals surface area contributed by atoms with E-state index in [0.717, 1.165) is 70.6 Å². The number of hydrogen-bond acceptors (Lipinski definition) is 7. The molecule has 8 nitrogen and oxygen atoms in total. The minimum absolute atomic E-state index is 0.00438. The van der Waals surface area contributed by atoms with E-state index in [9.17, 15) is 27.6 Å². The van der Waals surface area contributed by atoms with Gasteiger partial charge in [-0.3, -0.25) is 24.0 Å². The minimum atomic E-state index is -3.48. The standard InChI is InChI=1S/C45H69NO7S/c1-8-10-20-36(48)40(50)32(25-31-18-17-19-31)26-37(49)39-38-35(43(38,5)6)29-46(39)41(51)34(44(7)21-13-11-14-22-44)27-33(47)28-45(23-15-12-16-24-45)30-54(52,53)42(3,4)9-2/h1,31-32,34-35,38-39H,9-30H2,2-7H3/t32?,34-,35?,38+,39-/m1/s1. The highest BCUT2D eigenvalue weighted by Gasteiger charge is 2.69. The Labute approximate surface area is 326 Å². The summed E-state index contributed by atoms with van der Waals surface area (Å²) in [6, 6.07) is -0.689. The van der Waals surface area contributed by atoms with Crippen LogP contribution in [0.3, 0.4) is 0 Å². The Hall–Kier alpha value is -2.34. The maximum Gasteiger partial charge on any atom is 0.227 e. The lowest BCUT2D eigenvalue weighted by Crippen LogP contribution is -2.52. The van der Waals surface area contributed by atoms with Crippen molar-refractivity contribution >= 4 is 38.9 Å². The summed E-state index contributed by atoms with van der Waals surface area (Å²) in [6.07, 6.45) is 18.6. The summed E-state index contributed by atoms with van der Waals surface area (Å²) < 4.78 is 26.6. The van der Waals surface area contributed by atoms with Gasteiger partial charge in [-0.1, -0.05) is 85.5 Å². The normalized spacial score (nSPS) is 27.1. The summed E-state index contributed by atoms with van der Waals surface area (Å²) in [5.41, 5.74) is -1.17. The molecule has 0 aromatic carbocycles. The Morgan fingerprint density at radius 2 is 1.50 bits per heavy atom. The monoisotopic (exact) mass is 767 g/mol. The number of sulfone groups is 1. The molecule has 0 N–H and O–H groups in total. The van der Waals surface area contributed by atoms with Crippen LogP contribution in [0.15, 0.2) is 0 Å². The first-order chi connectivity index (χ1) is 25.3. The lowest BCUT2D eigenvalue weighted by molar-refractivity contribution is -0.150. The van der Waals surface area contributed by atoms with Crippen LogP contribution in [0.4, 0.5) is 0 Å². The summed E-state index contributed by atoms with van der Waals surface area (Å²) in [5.74, 6) is 0.208. The number of nitrogens with zero attached hydrogens (tertiary/aromatic N) is 1. The number of fused-ring (bicyclic) bond motifs is 1. The SMILES string of the molecule is C#CCCC(=O)C(=O)C(CC(=O)[C@@H]1[C@@H]2C(CN1C(=O)[C@@H](CC(=O)CC1(CS(=O)(=O)C(C)(C)CC)CCCCC1)C1(C)CCCCC1)C2(C)C)CC1CCC1. The third-order valence-corrected chi connectivity index (χ3v) is 18.5. The van der Waals surface area contributed by atoms with Gasteiger partial charge in [-0.2, -0.15) is 0 Å². The number of Topliss-reactive ketones (excluding diaryl/α,β-unsaturated/α-hetero) is 4. The fourth-order valence-corrected chi connectivity index (χ4v) is 13.0. The third kappa shape index (κ3) is 8.94. The van der Waals surface area contributed by atoms with Gasteiger partial charge >= 0.3 is 0 Å². The maximum absolute atomic E-state index is 15.1. The van der Waals surface area contributed by atoms with Gasteiger partial charge < -0.3 is 4.90 Å². The van der Waals surface area contributed by atoms with Crippen molar-refractivity contribution in [3.63, 3.8) is 0 Å². The topological polar surface area (TPSA) is 123 Å². The van der Waals surface area contributed by atoms with Gasteiger partial charge in [0.15, 0.2) is 21.4 Å². The van der Waals surface area contributed by atoms with Crippen molar-refractivity contribution < 1.29 is 32.4 Å². The van der Waals surface area contributed by atoms with E-state index in [2.05, 4.69) is 26.7 Å². The highest BCUT2D eigenvalue weighted by molar-refractivity contribution is 7.92. The molecule has 0 aromatic rings. The molecule has 1 amide bonds. The molecule has 1 aliphatic heterocycles. The molecular weight excluding hydrogens is 699 g/mol. The van der Waals surface area contributed by atoms with Gasteiger partial charge in [0.25, 0.3) is 0 Å². The van der Waals surface area contributed by atoms with E-state index in [1.54, 1.807) is 18.7 Å². The number of rotatable bonds is 19. The van der Waals surface area contributed by atoms with E-state index in [1.807, 2.05) is 6.92 Å². The predicted molar refractivity (Wildman–Crippen MR) is 212 cm³/mol. The molecule has 5 atom stereocenters. The lowest BCUT2D eigenvalue weighted by atomic mass is 9.64. The van der Waals surface area contributed by atoms with Crippen LogP contribution in [0.1, 0.15) is 170 Å². The molecule has 54 heavy (non-hydrogen) atoms. The summed E-state index contributed by atoms with van der Waals surface area (Å²) in [7, 11) is -3.48. The number of ketones is 4. The zero-order valence-electron chi connectivity index (χ0n) is 34.3. The highest BCUT2D eigenvalue weighted by atomic mass is 32.2. The van der Waals surface area contributed by atoms with Gasteiger partial charge in [0.1, 0.15) is 5.78 Å². The van der Waals surface area contributed by atoms with Gasteiger partial charge in [0.2, 0.25) is 11.7 Å². The second-order valence-corrected chi connectivity index (χ2v) is 22.5. The average molecular weight is 768 g/mol. The van der Waals surface area contributed by atoms with Crippen LogP contribution in [0.2, 0.25) is 0 Å². The molecule has 302 valence electrons. The van der Waals surface area contributed by atoms with E-state index < -0.39 is 54.9 Å². The van der Waals surface area contributed by atoms with Crippen molar-refractivity contribution in [1.82, 2.24) is 4.90 Å². The number of carbonyl (C=O) groups is 5. The lowest BCUT2D eigenvalue weighted by Gasteiger charge is -2.44. The van der Waals surface area contributed by atoms with Gasteiger partial charge in [0, 0.05) is 44.6 Å². The van der Waals surface area contributed by atoms with Crippen LogP contribution in [0, 0.1) is 58.2 Å². The van der Waals surface area contributed by atoms with Crippen molar-refractivity contribution in [2.45, 2.75) is 181 Å².